The fraction of sp³-hybridized carbons (Fsp3) is 0.824. The Bertz CT molecular complexity index is 534. The number of rotatable bonds is 4. The highest BCUT2D eigenvalue weighted by atomic mass is 16.6. The van der Waals surface area contributed by atoms with Crippen molar-refractivity contribution in [1.29, 1.82) is 0 Å². The maximum absolute atomic E-state index is 12.8. The van der Waals surface area contributed by atoms with E-state index in [0.29, 0.717) is 18.4 Å². The van der Waals surface area contributed by atoms with Crippen LogP contribution in [0.5, 0.6) is 0 Å². The van der Waals surface area contributed by atoms with Crippen LogP contribution in [0.1, 0.15) is 63.4 Å². The first-order valence-corrected chi connectivity index (χ1v) is 8.89. The van der Waals surface area contributed by atoms with E-state index < -0.39 is 0 Å². The van der Waals surface area contributed by atoms with Crippen LogP contribution in [0.25, 0.3) is 0 Å². The van der Waals surface area contributed by atoms with Crippen molar-refractivity contribution in [2.24, 2.45) is 5.92 Å². The number of aryl methyl sites for hydroxylation is 1. The number of likely N-dealkylation sites (tertiary alicyclic amines) is 2. The molecule has 23 heavy (non-hydrogen) atoms. The SMILES string of the molecule is Cc1nonc1[C@H]1CCCN1C(=O)CC1CCN(C(C)C)CC1. The normalized spacial score (nSPS) is 23.8. The average molecular weight is 320 g/mol. The van der Waals surface area contributed by atoms with Crippen LogP contribution in [0.3, 0.4) is 0 Å². The zero-order valence-corrected chi connectivity index (χ0v) is 14.5. The molecule has 1 aromatic heterocycles. The Hall–Kier alpha value is -1.43. The minimum Gasteiger partial charge on any atom is -0.334 e. The van der Waals surface area contributed by atoms with Gasteiger partial charge >= 0.3 is 0 Å². The molecule has 0 aliphatic carbocycles. The number of hydrogen-bond donors (Lipinski definition) is 0. The third kappa shape index (κ3) is 3.57. The highest BCUT2D eigenvalue weighted by Gasteiger charge is 2.34. The molecule has 0 unspecified atom stereocenters. The van der Waals surface area contributed by atoms with Gasteiger partial charge in [-0.25, -0.2) is 4.63 Å². The largest absolute Gasteiger partial charge is 0.334 e. The van der Waals surface area contributed by atoms with Crippen molar-refractivity contribution in [1.82, 2.24) is 20.1 Å². The van der Waals surface area contributed by atoms with Gasteiger partial charge < -0.3 is 9.80 Å². The van der Waals surface area contributed by atoms with E-state index in [1.807, 2.05) is 11.8 Å². The van der Waals surface area contributed by atoms with E-state index in [2.05, 4.69) is 29.1 Å². The van der Waals surface area contributed by atoms with Crippen LogP contribution >= 0.6 is 0 Å². The van der Waals surface area contributed by atoms with Gasteiger partial charge in [-0.1, -0.05) is 10.3 Å². The lowest BCUT2D eigenvalue weighted by Gasteiger charge is -2.35. The molecule has 0 aromatic carbocycles. The Balaban J connectivity index is 1.57. The second-order valence-electron chi connectivity index (χ2n) is 7.26. The zero-order valence-electron chi connectivity index (χ0n) is 14.5. The van der Waals surface area contributed by atoms with Gasteiger partial charge in [-0.15, -0.1) is 0 Å². The van der Waals surface area contributed by atoms with Crippen molar-refractivity contribution >= 4 is 5.91 Å². The number of piperidine rings is 1. The van der Waals surface area contributed by atoms with Gasteiger partial charge in [0.1, 0.15) is 11.4 Å². The highest BCUT2D eigenvalue weighted by molar-refractivity contribution is 5.77. The molecule has 3 rings (SSSR count). The zero-order chi connectivity index (χ0) is 16.4. The van der Waals surface area contributed by atoms with E-state index in [-0.39, 0.29) is 11.9 Å². The molecule has 0 spiro atoms. The molecule has 2 fully saturated rings. The Morgan fingerprint density at radius 2 is 1.96 bits per heavy atom. The van der Waals surface area contributed by atoms with Gasteiger partial charge in [0.2, 0.25) is 5.91 Å². The lowest BCUT2D eigenvalue weighted by Crippen LogP contribution is -2.40. The summed E-state index contributed by atoms with van der Waals surface area (Å²) in [5.74, 6) is 0.799. The van der Waals surface area contributed by atoms with Crippen LogP contribution in [-0.2, 0) is 4.79 Å². The van der Waals surface area contributed by atoms with Crippen LogP contribution in [0.15, 0.2) is 4.63 Å². The number of amides is 1. The summed E-state index contributed by atoms with van der Waals surface area (Å²) in [5.41, 5.74) is 1.64. The molecular formula is C17H28N4O2. The summed E-state index contributed by atoms with van der Waals surface area (Å²) in [5, 5.41) is 7.89. The van der Waals surface area contributed by atoms with Gasteiger partial charge in [-0.05, 0) is 65.5 Å². The quantitative estimate of drug-likeness (QED) is 0.853. The van der Waals surface area contributed by atoms with Crippen molar-refractivity contribution < 1.29 is 9.42 Å². The number of aromatic nitrogens is 2. The maximum Gasteiger partial charge on any atom is 0.223 e. The monoisotopic (exact) mass is 320 g/mol. The highest BCUT2D eigenvalue weighted by Crippen LogP contribution is 2.34. The van der Waals surface area contributed by atoms with Gasteiger partial charge in [0.25, 0.3) is 0 Å². The van der Waals surface area contributed by atoms with Crippen molar-refractivity contribution in [2.45, 2.75) is 65.0 Å². The summed E-state index contributed by atoms with van der Waals surface area (Å²) in [6.45, 7) is 9.45. The van der Waals surface area contributed by atoms with Gasteiger partial charge in [-0.2, -0.15) is 0 Å². The molecule has 2 aliphatic rings. The molecule has 2 aliphatic heterocycles. The summed E-state index contributed by atoms with van der Waals surface area (Å²) in [6, 6.07) is 0.668. The third-order valence-electron chi connectivity index (χ3n) is 5.42. The first-order chi connectivity index (χ1) is 11.1. The minimum atomic E-state index is 0.0597. The summed E-state index contributed by atoms with van der Waals surface area (Å²) < 4.78 is 4.83. The predicted molar refractivity (Wildman–Crippen MR) is 86.8 cm³/mol. The van der Waals surface area contributed by atoms with Crippen LogP contribution in [-0.4, -0.2) is 51.7 Å². The fourth-order valence-corrected chi connectivity index (χ4v) is 3.93. The summed E-state index contributed by atoms with van der Waals surface area (Å²) in [6.07, 6.45) is 4.94. The smallest absolute Gasteiger partial charge is 0.223 e. The number of nitrogens with zero attached hydrogens (tertiary/aromatic N) is 4. The van der Waals surface area contributed by atoms with Crippen molar-refractivity contribution in [2.75, 3.05) is 19.6 Å². The van der Waals surface area contributed by atoms with E-state index >= 15 is 0 Å². The Morgan fingerprint density at radius 1 is 1.22 bits per heavy atom. The second kappa shape index (κ2) is 6.99. The molecule has 2 saturated heterocycles. The fourth-order valence-electron chi connectivity index (χ4n) is 3.93. The Labute approximate surface area is 138 Å². The Morgan fingerprint density at radius 3 is 2.57 bits per heavy atom. The van der Waals surface area contributed by atoms with E-state index in [1.54, 1.807) is 0 Å². The molecule has 0 saturated carbocycles. The van der Waals surface area contributed by atoms with Gasteiger partial charge in [0.05, 0.1) is 6.04 Å². The summed E-state index contributed by atoms with van der Waals surface area (Å²) >= 11 is 0. The third-order valence-corrected chi connectivity index (χ3v) is 5.42. The summed E-state index contributed by atoms with van der Waals surface area (Å²) in [4.78, 5) is 17.3. The molecule has 1 atom stereocenters. The van der Waals surface area contributed by atoms with Crippen LogP contribution in [0.2, 0.25) is 0 Å². The van der Waals surface area contributed by atoms with E-state index in [9.17, 15) is 4.79 Å². The molecule has 6 heteroatoms. The first-order valence-electron chi connectivity index (χ1n) is 8.89. The van der Waals surface area contributed by atoms with Gasteiger partial charge in [0.15, 0.2) is 0 Å². The van der Waals surface area contributed by atoms with Gasteiger partial charge in [-0.3, -0.25) is 4.79 Å². The Kier molecular flexibility index (Phi) is 4.99. The molecule has 1 aromatic rings. The molecule has 128 valence electrons. The molecule has 0 radical (unpaired) electrons. The number of hydrogen-bond acceptors (Lipinski definition) is 5. The molecule has 3 heterocycles. The molecule has 0 bridgehead atoms. The standard InChI is InChI=1S/C17H28N4O2/c1-12(2)20-9-6-14(7-10-20)11-16(22)21-8-4-5-15(21)17-13(3)18-23-19-17/h12,14-15H,4-11H2,1-3H3/t15-/m1/s1. The number of carbonyl (C=O) groups is 1. The molecule has 1 amide bonds. The van der Waals surface area contributed by atoms with E-state index in [4.69, 9.17) is 4.63 Å². The molecule has 6 nitrogen and oxygen atoms in total. The second-order valence-corrected chi connectivity index (χ2v) is 7.26. The molecular weight excluding hydrogens is 292 g/mol. The van der Waals surface area contributed by atoms with Gasteiger partial charge in [0, 0.05) is 19.0 Å². The van der Waals surface area contributed by atoms with Crippen LogP contribution in [0.4, 0.5) is 0 Å². The van der Waals surface area contributed by atoms with Crippen molar-refractivity contribution in [3.63, 3.8) is 0 Å². The molecule has 0 N–H and O–H groups in total. The van der Waals surface area contributed by atoms with E-state index in [0.717, 1.165) is 56.7 Å². The minimum absolute atomic E-state index is 0.0597. The lowest BCUT2D eigenvalue weighted by molar-refractivity contribution is -0.133. The van der Waals surface area contributed by atoms with E-state index in [1.165, 1.54) is 0 Å². The first kappa shape index (κ1) is 16.4. The maximum atomic E-state index is 12.8. The van der Waals surface area contributed by atoms with Crippen molar-refractivity contribution in [3.8, 4) is 0 Å². The van der Waals surface area contributed by atoms with Crippen LogP contribution in [0, 0.1) is 12.8 Å². The van der Waals surface area contributed by atoms with Crippen LogP contribution < -0.4 is 0 Å². The average Bonchev–Trinajstić information content (AvgIpc) is 3.15. The van der Waals surface area contributed by atoms with Crippen molar-refractivity contribution in [3.05, 3.63) is 11.4 Å². The topological polar surface area (TPSA) is 62.5 Å². The predicted octanol–water partition coefficient (Wildman–Crippen LogP) is 2.55. The lowest BCUT2D eigenvalue weighted by atomic mass is 9.92. The number of carbonyl (C=O) groups excluding carboxylic acids is 1. The summed E-state index contributed by atoms with van der Waals surface area (Å²) in [7, 11) is 0.